The molecule has 2 heterocycles. The summed E-state index contributed by atoms with van der Waals surface area (Å²) in [5, 5.41) is 7.73. The molecule has 0 aliphatic carbocycles. The summed E-state index contributed by atoms with van der Waals surface area (Å²) < 4.78 is 11.2. The molecule has 0 radical (unpaired) electrons. The minimum atomic E-state index is -0.608. The van der Waals surface area contributed by atoms with Crippen molar-refractivity contribution in [3.05, 3.63) is 39.8 Å². The standard InChI is InChI=1S/C16H15BrN4O3/c1-4-23-16(22)14-19-13(12-9(3)21-24-15(12)20-14)18-10-5-6-11(17)8(2)7-10/h5-7H,4H2,1-3H3,(H,18,19,20). The molecular weight excluding hydrogens is 376 g/mol. The average Bonchev–Trinajstić information content (AvgIpc) is 2.93. The van der Waals surface area contributed by atoms with Crippen LogP contribution in [0.5, 0.6) is 0 Å². The number of anilines is 2. The minimum absolute atomic E-state index is 0.0724. The molecule has 2 aromatic heterocycles. The second-order valence-electron chi connectivity index (χ2n) is 5.15. The van der Waals surface area contributed by atoms with Crippen molar-refractivity contribution in [3.8, 4) is 0 Å². The zero-order valence-electron chi connectivity index (χ0n) is 13.4. The lowest BCUT2D eigenvalue weighted by atomic mass is 10.2. The third-order valence-electron chi connectivity index (χ3n) is 3.39. The van der Waals surface area contributed by atoms with Gasteiger partial charge in [-0.05, 0) is 44.5 Å². The summed E-state index contributed by atoms with van der Waals surface area (Å²) in [6.45, 7) is 5.74. The molecular formula is C16H15BrN4O3. The Kier molecular flexibility index (Phi) is 4.48. The van der Waals surface area contributed by atoms with Gasteiger partial charge in [-0.1, -0.05) is 21.1 Å². The van der Waals surface area contributed by atoms with E-state index in [1.807, 2.05) is 25.1 Å². The molecule has 3 aromatic rings. The van der Waals surface area contributed by atoms with E-state index in [2.05, 4.69) is 36.4 Å². The van der Waals surface area contributed by atoms with Crippen LogP contribution in [-0.4, -0.2) is 27.7 Å². The lowest BCUT2D eigenvalue weighted by Gasteiger charge is -2.09. The van der Waals surface area contributed by atoms with Crippen LogP contribution < -0.4 is 5.32 Å². The molecule has 0 fully saturated rings. The van der Waals surface area contributed by atoms with Gasteiger partial charge >= 0.3 is 5.97 Å². The molecule has 0 saturated heterocycles. The quantitative estimate of drug-likeness (QED) is 0.674. The number of aryl methyl sites for hydroxylation is 2. The third kappa shape index (κ3) is 3.09. The number of hydrogen-bond donors (Lipinski definition) is 1. The molecule has 0 spiro atoms. The van der Waals surface area contributed by atoms with E-state index in [0.29, 0.717) is 16.9 Å². The van der Waals surface area contributed by atoms with Crippen LogP contribution in [0.25, 0.3) is 11.1 Å². The summed E-state index contributed by atoms with van der Waals surface area (Å²) in [7, 11) is 0. The topological polar surface area (TPSA) is 90.1 Å². The van der Waals surface area contributed by atoms with Crippen LogP contribution in [0, 0.1) is 13.8 Å². The summed E-state index contributed by atoms with van der Waals surface area (Å²) in [6.07, 6.45) is 0. The van der Waals surface area contributed by atoms with Crippen LogP contribution in [-0.2, 0) is 4.74 Å². The van der Waals surface area contributed by atoms with E-state index in [1.54, 1.807) is 13.8 Å². The van der Waals surface area contributed by atoms with Crippen LogP contribution in [0.2, 0.25) is 0 Å². The van der Waals surface area contributed by atoms with Crippen LogP contribution in [0.3, 0.4) is 0 Å². The van der Waals surface area contributed by atoms with Crippen molar-refractivity contribution in [2.75, 3.05) is 11.9 Å². The van der Waals surface area contributed by atoms with Gasteiger partial charge in [-0.15, -0.1) is 0 Å². The van der Waals surface area contributed by atoms with Crippen molar-refractivity contribution >= 4 is 44.5 Å². The summed E-state index contributed by atoms with van der Waals surface area (Å²) >= 11 is 3.47. The van der Waals surface area contributed by atoms with Gasteiger partial charge in [0.2, 0.25) is 5.82 Å². The van der Waals surface area contributed by atoms with Gasteiger partial charge < -0.3 is 14.6 Å². The molecule has 0 aliphatic heterocycles. The predicted octanol–water partition coefficient (Wildman–Crippen LogP) is 3.92. The largest absolute Gasteiger partial charge is 0.460 e. The molecule has 124 valence electrons. The number of halogens is 1. The van der Waals surface area contributed by atoms with Gasteiger partial charge in [-0.3, -0.25) is 0 Å². The van der Waals surface area contributed by atoms with E-state index in [9.17, 15) is 4.79 Å². The average molecular weight is 391 g/mol. The number of hydrogen-bond acceptors (Lipinski definition) is 7. The Morgan fingerprint density at radius 3 is 2.83 bits per heavy atom. The van der Waals surface area contributed by atoms with Crippen LogP contribution in [0.1, 0.15) is 28.8 Å². The number of aromatic nitrogens is 3. The molecule has 1 aromatic carbocycles. The summed E-state index contributed by atoms with van der Waals surface area (Å²) in [6, 6.07) is 5.80. The van der Waals surface area contributed by atoms with E-state index in [1.165, 1.54) is 0 Å². The molecule has 0 unspecified atom stereocenters. The van der Waals surface area contributed by atoms with Gasteiger partial charge in [0.15, 0.2) is 0 Å². The van der Waals surface area contributed by atoms with Crippen molar-refractivity contribution in [2.24, 2.45) is 0 Å². The van der Waals surface area contributed by atoms with Crippen LogP contribution in [0.15, 0.2) is 27.2 Å². The van der Waals surface area contributed by atoms with E-state index in [4.69, 9.17) is 9.26 Å². The summed E-state index contributed by atoms with van der Waals surface area (Å²) in [5.74, 6) is -0.233. The number of esters is 1. The fourth-order valence-electron chi connectivity index (χ4n) is 2.23. The number of benzene rings is 1. The number of rotatable bonds is 4. The number of nitrogens with one attached hydrogen (secondary N) is 1. The molecule has 24 heavy (non-hydrogen) atoms. The second kappa shape index (κ2) is 6.56. The molecule has 0 saturated carbocycles. The molecule has 0 bridgehead atoms. The Labute approximate surface area is 146 Å². The Balaban J connectivity index is 2.08. The third-order valence-corrected chi connectivity index (χ3v) is 4.28. The molecule has 3 rings (SSSR count). The first kappa shape index (κ1) is 16.4. The number of ether oxygens (including phenoxy) is 1. The fraction of sp³-hybridized carbons (Fsp3) is 0.250. The first-order valence-corrected chi connectivity index (χ1v) is 8.13. The van der Waals surface area contributed by atoms with Gasteiger partial charge in [-0.2, -0.15) is 4.98 Å². The first-order valence-electron chi connectivity index (χ1n) is 7.34. The molecule has 0 aliphatic rings. The second-order valence-corrected chi connectivity index (χ2v) is 6.01. The Morgan fingerprint density at radius 2 is 2.12 bits per heavy atom. The minimum Gasteiger partial charge on any atom is -0.460 e. The lowest BCUT2D eigenvalue weighted by Crippen LogP contribution is -2.11. The fourth-order valence-corrected chi connectivity index (χ4v) is 2.47. The Hall–Kier alpha value is -2.48. The van der Waals surface area contributed by atoms with E-state index in [0.717, 1.165) is 15.7 Å². The Morgan fingerprint density at radius 1 is 1.33 bits per heavy atom. The highest BCUT2D eigenvalue weighted by atomic mass is 79.9. The Bertz CT molecular complexity index is 923. The number of carbonyl (C=O) groups is 1. The highest BCUT2D eigenvalue weighted by Gasteiger charge is 2.19. The van der Waals surface area contributed by atoms with Crippen molar-refractivity contribution in [2.45, 2.75) is 20.8 Å². The number of fused-ring (bicyclic) bond motifs is 1. The van der Waals surface area contributed by atoms with E-state index in [-0.39, 0.29) is 18.1 Å². The molecule has 1 N–H and O–H groups in total. The van der Waals surface area contributed by atoms with Crippen LogP contribution in [0.4, 0.5) is 11.5 Å². The number of carbonyl (C=O) groups excluding carboxylic acids is 1. The first-order chi connectivity index (χ1) is 11.5. The molecule has 0 amide bonds. The van der Waals surface area contributed by atoms with Crippen molar-refractivity contribution in [1.82, 2.24) is 15.1 Å². The van der Waals surface area contributed by atoms with Crippen molar-refractivity contribution in [1.29, 1.82) is 0 Å². The maximum Gasteiger partial charge on any atom is 0.376 e. The van der Waals surface area contributed by atoms with E-state index >= 15 is 0 Å². The predicted molar refractivity (Wildman–Crippen MR) is 92.5 cm³/mol. The van der Waals surface area contributed by atoms with Crippen molar-refractivity contribution < 1.29 is 14.1 Å². The smallest absolute Gasteiger partial charge is 0.376 e. The van der Waals surface area contributed by atoms with Gasteiger partial charge in [0, 0.05) is 10.2 Å². The number of nitrogens with zero attached hydrogens (tertiary/aromatic N) is 3. The normalized spacial score (nSPS) is 10.8. The van der Waals surface area contributed by atoms with Gasteiger partial charge in [0.05, 0.1) is 12.3 Å². The monoisotopic (exact) mass is 390 g/mol. The maximum absolute atomic E-state index is 12.0. The van der Waals surface area contributed by atoms with Gasteiger partial charge in [-0.25, -0.2) is 9.78 Å². The highest BCUT2D eigenvalue weighted by Crippen LogP contribution is 2.28. The molecule has 0 atom stereocenters. The SMILES string of the molecule is CCOC(=O)c1nc(Nc2ccc(Br)c(C)c2)c2c(C)noc2n1. The zero-order valence-corrected chi connectivity index (χ0v) is 15.0. The summed E-state index contributed by atoms with van der Waals surface area (Å²) in [4.78, 5) is 20.3. The van der Waals surface area contributed by atoms with Crippen LogP contribution >= 0.6 is 15.9 Å². The van der Waals surface area contributed by atoms with Gasteiger partial charge in [0.25, 0.3) is 5.71 Å². The summed E-state index contributed by atoms with van der Waals surface area (Å²) in [5.41, 5.74) is 2.77. The molecule has 8 heteroatoms. The molecule has 7 nitrogen and oxygen atoms in total. The van der Waals surface area contributed by atoms with Crippen molar-refractivity contribution in [3.63, 3.8) is 0 Å². The van der Waals surface area contributed by atoms with E-state index < -0.39 is 5.97 Å². The van der Waals surface area contributed by atoms with Gasteiger partial charge in [0.1, 0.15) is 11.2 Å². The highest BCUT2D eigenvalue weighted by molar-refractivity contribution is 9.10. The maximum atomic E-state index is 12.0. The lowest BCUT2D eigenvalue weighted by molar-refractivity contribution is 0.0512. The zero-order chi connectivity index (χ0) is 17.3.